The zero-order valence-electron chi connectivity index (χ0n) is 11.1. The van der Waals surface area contributed by atoms with Gasteiger partial charge in [0.2, 0.25) is 0 Å². The molecule has 0 unspecified atom stereocenters. The number of aromatic carboxylic acids is 1. The highest BCUT2D eigenvalue weighted by Crippen LogP contribution is 2.20. The number of imide groups is 1. The SMILES string of the molecule is Cl.NNc1cc(C(=O)O)ccc1C(=O)ON1C(=O)CCC1=O. The lowest BCUT2D eigenvalue weighted by atomic mass is 10.1. The molecule has 1 heterocycles. The second kappa shape index (κ2) is 6.87. The van der Waals surface area contributed by atoms with E-state index in [0.717, 1.165) is 6.07 Å². The Morgan fingerprint density at radius 1 is 1.23 bits per heavy atom. The van der Waals surface area contributed by atoms with E-state index in [1.54, 1.807) is 0 Å². The van der Waals surface area contributed by atoms with Crippen LogP contribution in [-0.2, 0) is 14.4 Å². The fourth-order valence-corrected chi connectivity index (χ4v) is 1.76. The summed E-state index contributed by atoms with van der Waals surface area (Å²) in [5, 5.41) is 9.25. The van der Waals surface area contributed by atoms with Crippen LogP contribution in [-0.4, -0.2) is 33.9 Å². The van der Waals surface area contributed by atoms with Crippen LogP contribution in [0.4, 0.5) is 5.69 Å². The number of hydrogen-bond acceptors (Lipinski definition) is 7. The largest absolute Gasteiger partial charge is 0.478 e. The Morgan fingerprint density at radius 3 is 2.32 bits per heavy atom. The Bertz CT molecular complexity index is 632. The Labute approximate surface area is 130 Å². The van der Waals surface area contributed by atoms with Crippen LogP contribution in [0.5, 0.6) is 0 Å². The molecule has 1 fully saturated rings. The van der Waals surface area contributed by atoms with Gasteiger partial charge in [-0.25, -0.2) is 9.59 Å². The number of anilines is 1. The zero-order chi connectivity index (χ0) is 15.6. The molecule has 2 amide bonds. The van der Waals surface area contributed by atoms with Crippen LogP contribution in [0.3, 0.4) is 0 Å². The Kier molecular flexibility index (Phi) is 5.44. The molecule has 0 radical (unpaired) electrons. The van der Waals surface area contributed by atoms with Crippen molar-refractivity contribution in [2.45, 2.75) is 12.8 Å². The maximum Gasteiger partial charge on any atom is 0.366 e. The number of nitrogens with one attached hydrogen (secondary N) is 1. The van der Waals surface area contributed by atoms with Crippen molar-refractivity contribution in [1.82, 2.24) is 5.06 Å². The van der Waals surface area contributed by atoms with Crippen molar-refractivity contribution in [3.05, 3.63) is 29.3 Å². The van der Waals surface area contributed by atoms with Crippen LogP contribution >= 0.6 is 12.4 Å². The van der Waals surface area contributed by atoms with Gasteiger partial charge in [-0.2, -0.15) is 0 Å². The van der Waals surface area contributed by atoms with Crippen LogP contribution in [0.25, 0.3) is 0 Å². The molecule has 1 aromatic carbocycles. The third-order valence-corrected chi connectivity index (χ3v) is 2.82. The normalized spacial score (nSPS) is 13.6. The molecule has 4 N–H and O–H groups in total. The number of carbonyl (C=O) groups is 4. The predicted molar refractivity (Wildman–Crippen MR) is 75.0 cm³/mol. The summed E-state index contributed by atoms with van der Waals surface area (Å²) >= 11 is 0. The number of carboxylic acid groups (broad SMARTS) is 1. The molecule has 1 aromatic rings. The molecule has 0 spiro atoms. The topological polar surface area (TPSA) is 139 Å². The van der Waals surface area contributed by atoms with Crippen molar-refractivity contribution in [3.8, 4) is 0 Å². The van der Waals surface area contributed by atoms with E-state index < -0.39 is 23.8 Å². The summed E-state index contributed by atoms with van der Waals surface area (Å²) < 4.78 is 0. The highest BCUT2D eigenvalue weighted by Gasteiger charge is 2.33. The van der Waals surface area contributed by atoms with E-state index in [1.807, 2.05) is 0 Å². The minimum absolute atomic E-state index is 0. The average molecular weight is 330 g/mol. The molecule has 0 aromatic heterocycles. The molecule has 0 bridgehead atoms. The second-order valence-corrected chi connectivity index (χ2v) is 4.17. The minimum Gasteiger partial charge on any atom is -0.478 e. The van der Waals surface area contributed by atoms with Gasteiger partial charge in [0.25, 0.3) is 11.8 Å². The Morgan fingerprint density at radius 2 is 1.82 bits per heavy atom. The number of nitrogens with two attached hydrogens (primary N) is 1. The van der Waals surface area contributed by atoms with Gasteiger partial charge in [-0.3, -0.25) is 15.4 Å². The summed E-state index contributed by atoms with van der Waals surface area (Å²) in [6, 6.07) is 3.48. The third-order valence-electron chi connectivity index (χ3n) is 2.82. The number of hydrazine groups is 1. The van der Waals surface area contributed by atoms with Crippen molar-refractivity contribution in [2.24, 2.45) is 5.84 Å². The zero-order valence-corrected chi connectivity index (χ0v) is 11.9. The molecule has 9 nitrogen and oxygen atoms in total. The number of nitrogens with zero attached hydrogens (tertiary/aromatic N) is 1. The number of amides is 2. The van der Waals surface area contributed by atoms with Crippen molar-refractivity contribution in [2.75, 3.05) is 5.43 Å². The number of hydrogen-bond donors (Lipinski definition) is 3. The summed E-state index contributed by atoms with van der Waals surface area (Å²) in [7, 11) is 0. The van der Waals surface area contributed by atoms with Gasteiger partial charge in [-0.05, 0) is 18.2 Å². The van der Waals surface area contributed by atoms with Gasteiger partial charge in [0.1, 0.15) is 0 Å². The molecule has 0 atom stereocenters. The Balaban J connectivity index is 0.00000242. The number of halogens is 1. The molecule has 118 valence electrons. The number of carbonyl (C=O) groups excluding carboxylic acids is 3. The van der Waals surface area contributed by atoms with Gasteiger partial charge in [0.15, 0.2) is 0 Å². The summed E-state index contributed by atoms with van der Waals surface area (Å²) in [6.07, 6.45) is -0.0435. The number of nitrogen functional groups attached to an aromatic ring is 1. The first-order valence-corrected chi connectivity index (χ1v) is 5.86. The molecule has 10 heteroatoms. The van der Waals surface area contributed by atoms with Crippen LogP contribution in [0.2, 0.25) is 0 Å². The van der Waals surface area contributed by atoms with Crippen molar-refractivity contribution < 1.29 is 29.1 Å². The fraction of sp³-hybridized carbons (Fsp3) is 0.167. The van der Waals surface area contributed by atoms with Gasteiger partial charge in [-0.15, -0.1) is 17.5 Å². The molecule has 2 rings (SSSR count). The standard InChI is InChI=1S/C12H11N3O6.ClH/c13-14-8-5-6(11(18)19)1-2-7(8)12(20)21-15-9(16)3-4-10(15)17;/h1-2,5,14H,3-4,13H2,(H,18,19);1H. The van der Waals surface area contributed by atoms with Gasteiger partial charge < -0.3 is 15.4 Å². The lowest BCUT2D eigenvalue weighted by Crippen LogP contribution is -2.32. The summed E-state index contributed by atoms with van der Waals surface area (Å²) in [5.41, 5.74) is 1.97. The van der Waals surface area contributed by atoms with E-state index >= 15 is 0 Å². The monoisotopic (exact) mass is 329 g/mol. The van der Waals surface area contributed by atoms with Gasteiger partial charge in [0, 0.05) is 12.8 Å². The molecule has 22 heavy (non-hydrogen) atoms. The molecule has 1 aliphatic rings. The average Bonchev–Trinajstić information content (AvgIpc) is 2.78. The molecule has 0 aliphatic carbocycles. The molecule has 0 saturated carbocycles. The maximum atomic E-state index is 11.9. The van der Waals surface area contributed by atoms with Crippen LogP contribution < -0.4 is 11.3 Å². The summed E-state index contributed by atoms with van der Waals surface area (Å²) in [4.78, 5) is 50.2. The number of benzene rings is 1. The smallest absolute Gasteiger partial charge is 0.366 e. The quantitative estimate of drug-likeness (QED) is 0.407. The third kappa shape index (κ3) is 3.32. The molecule has 1 aliphatic heterocycles. The first-order chi connectivity index (χ1) is 9.93. The number of carboxylic acids is 1. The van der Waals surface area contributed by atoms with Crippen molar-refractivity contribution in [1.29, 1.82) is 0 Å². The number of hydroxylamine groups is 2. The van der Waals surface area contributed by atoms with E-state index in [2.05, 4.69) is 5.43 Å². The van der Waals surface area contributed by atoms with Crippen LogP contribution in [0.15, 0.2) is 18.2 Å². The van der Waals surface area contributed by atoms with Crippen molar-refractivity contribution in [3.63, 3.8) is 0 Å². The fourth-order valence-electron chi connectivity index (χ4n) is 1.76. The van der Waals surface area contributed by atoms with E-state index in [9.17, 15) is 19.2 Å². The van der Waals surface area contributed by atoms with Crippen LogP contribution in [0, 0.1) is 0 Å². The lowest BCUT2D eigenvalue weighted by Gasteiger charge is -2.14. The minimum atomic E-state index is -1.20. The molecular weight excluding hydrogens is 318 g/mol. The summed E-state index contributed by atoms with van der Waals surface area (Å²) in [5.74, 6) is 1.80. The summed E-state index contributed by atoms with van der Waals surface area (Å²) in [6.45, 7) is 0. The molecule has 1 saturated heterocycles. The van der Waals surface area contributed by atoms with Crippen LogP contribution in [0.1, 0.15) is 33.6 Å². The predicted octanol–water partition coefficient (Wildman–Crippen LogP) is 0.313. The highest BCUT2D eigenvalue weighted by atomic mass is 35.5. The Hall–Kier alpha value is -2.65. The first kappa shape index (κ1) is 17.4. The van der Waals surface area contributed by atoms with Gasteiger partial charge in [0.05, 0.1) is 16.8 Å². The first-order valence-electron chi connectivity index (χ1n) is 5.86. The van der Waals surface area contributed by atoms with E-state index in [4.69, 9.17) is 15.8 Å². The second-order valence-electron chi connectivity index (χ2n) is 4.17. The lowest BCUT2D eigenvalue weighted by molar-refractivity contribution is -0.172. The van der Waals surface area contributed by atoms with Gasteiger partial charge in [-0.1, -0.05) is 0 Å². The van der Waals surface area contributed by atoms with E-state index in [1.165, 1.54) is 12.1 Å². The van der Waals surface area contributed by atoms with E-state index in [0.29, 0.717) is 5.06 Å². The highest BCUT2D eigenvalue weighted by molar-refractivity contribution is 6.04. The molecular formula is C12H12ClN3O6. The van der Waals surface area contributed by atoms with Gasteiger partial charge >= 0.3 is 11.9 Å². The van der Waals surface area contributed by atoms with E-state index in [-0.39, 0.29) is 42.1 Å². The maximum absolute atomic E-state index is 11.9. The number of rotatable bonds is 4. The van der Waals surface area contributed by atoms with Crippen molar-refractivity contribution >= 4 is 41.8 Å².